The van der Waals surface area contributed by atoms with Crippen LogP contribution in [0.4, 0.5) is 0 Å². The highest BCUT2D eigenvalue weighted by molar-refractivity contribution is 5.80. The van der Waals surface area contributed by atoms with Gasteiger partial charge in [0, 0.05) is 13.7 Å². The molecular weight excluding hydrogens is 286 g/mol. The van der Waals surface area contributed by atoms with Gasteiger partial charge in [0.1, 0.15) is 5.75 Å². The van der Waals surface area contributed by atoms with Crippen molar-refractivity contribution in [2.75, 3.05) is 33.5 Å². The van der Waals surface area contributed by atoms with Crippen LogP contribution in [-0.4, -0.2) is 45.4 Å². The largest absolute Gasteiger partial charge is 0.481 e. The van der Waals surface area contributed by atoms with Crippen molar-refractivity contribution in [1.82, 2.24) is 5.32 Å². The molecule has 0 unspecified atom stereocenters. The minimum atomic E-state index is -0.582. The molecule has 1 aromatic rings. The number of benzene rings is 1. The predicted octanol–water partition coefficient (Wildman–Crippen LogP) is 1.30. The fourth-order valence-electron chi connectivity index (χ4n) is 2.06. The SMILES string of the molecule is COCCNC(=O)COC(=O)COc1c(C)cc(C)cc1C. The fourth-order valence-corrected chi connectivity index (χ4v) is 2.06. The van der Waals surface area contributed by atoms with E-state index in [0.717, 1.165) is 16.7 Å². The maximum absolute atomic E-state index is 11.6. The van der Waals surface area contributed by atoms with Gasteiger partial charge in [-0.1, -0.05) is 17.7 Å². The molecule has 122 valence electrons. The molecule has 0 spiro atoms. The smallest absolute Gasteiger partial charge is 0.344 e. The zero-order valence-electron chi connectivity index (χ0n) is 13.5. The Kier molecular flexibility index (Phi) is 7.39. The molecule has 0 aliphatic heterocycles. The second kappa shape index (κ2) is 9.04. The fraction of sp³-hybridized carbons (Fsp3) is 0.500. The first kappa shape index (κ1) is 18.0. The van der Waals surface area contributed by atoms with E-state index in [1.807, 2.05) is 32.9 Å². The number of carbonyl (C=O) groups is 2. The summed E-state index contributed by atoms with van der Waals surface area (Å²) in [5, 5.41) is 2.56. The maximum atomic E-state index is 11.6. The van der Waals surface area contributed by atoms with Crippen LogP contribution in [0.15, 0.2) is 12.1 Å². The van der Waals surface area contributed by atoms with Gasteiger partial charge in [0.05, 0.1) is 6.61 Å². The van der Waals surface area contributed by atoms with Crippen LogP contribution in [0.2, 0.25) is 0 Å². The topological polar surface area (TPSA) is 73.9 Å². The number of amides is 1. The maximum Gasteiger partial charge on any atom is 0.344 e. The summed E-state index contributed by atoms with van der Waals surface area (Å²) >= 11 is 0. The van der Waals surface area contributed by atoms with Gasteiger partial charge in [-0.15, -0.1) is 0 Å². The summed E-state index contributed by atoms with van der Waals surface area (Å²) in [5.74, 6) is -0.276. The number of hydrogen-bond donors (Lipinski definition) is 1. The first-order chi connectivity index (χ1) is 10.4. The van der Waals surface area contributed by atoms with Crippen molar-refractivity contribution in [1.29, 1.82) is 0 Å². The lowest BCUT2D eigenvalue weighted by molar-refractivity contribution is -0.150. The van der Waals surface area contributed by atoms with E-state index >= 15 is 0 Å². The second-order valence-electron chi connectivity index (χ2n) is 5.02. The van der Waals surface area contributed by atoms with Crippen molar-refractivity contribution in [2.45, 2.75) is 20.8 Å². The molecule has 0 aliphatic rings. The minimum absolute atomic E-state index is 0.226. The van der Waals surface area contributed by atoms with E-state index < -0.39 is 5.97 Å². The van der Waals surface area contributed by atoms with E-state index in [4.69, 9.17) is 14.2 Å². The van der Waals surface area contributed by atoms with Crippen LogP contribution in [-0.2, 0) is 19.1 Å². The van der Waals surface area contributed by atoms with Gasteiger partial charge < -0.3 is 19.5 Å². The minimum Gasteiger partial charge on any atom is -0.481 e. The molecule has 0 heterocycles. The molecule has 1 aromatic carbocycles. The Morgan fingerprint density at radius 2 is 1.73 bits per heavy atom. The molecule has 1 N–H and O–H groups in total. The highest BCUT2D eigenvalue weighted by atomic mass is 16.6. The summed E-state index contributed by atoms with van der Waals surface area (Å²) in [5.41, 5.74) is 3.06. The van der Waals surface area contributed by atoms with E-state index in [2.05, 4.69) is 5.32 Å². The number of esters is 1. The van der Waals surface area contributed by atoms with Gasteiger partial charge >= 0.3 is 5.97 Å². The molecule has 0 radical (unpaired) electrons. The molecule has 0 aliphatic carbocycles. The Morgan fingerprint density at radius 3 is 2.32 bits per heavy atom. The zero-order valence-corrected chi connectivity index (χ0v) is 13.5. The number of carbonyl (C=O) groups excluding carboxylic acids is 2. The first-order valence-corrected chi connectivity index (χ1v) is 7.06. The predicted molar refractivity (Wildman–Crippen MR) is 82.0 cm³/mol. The van der Waals surface area contributed by atoms with Gasteiger partial charge in [0.25, 0.3) is 5.91 Å². The molecule has 0 bridgehead atoms. The standard InChI is InChI=1S/C16H23NO5/c1-11-7-12(2)16(13(3)8-11)22-10-15(19)21-9-14(18)17-5-6-20-4/h7-8H,5-6,9-10H2,1-4H3,(H,17,18). The van der Waals surface area contributed by atoms with Crippen molar-refractivity contribution in [3.8, 4) is 5.75 Å². The average Bonchev–Trinajstić information content (AvgIpc) is 2.44. The Hall–Kier alpha value is -2.08. The summed E-state index contributed by atoms with van der Waals surface area (Å²) < 4.78 is 15.1. The molecule has 0 aromatic heterocycles. The van der Waals surface area contributed by atoms with Crippen molar-refractivity contribution in [3.05, 3.63) is 28.8 Å². The van der Waals surface area contributed by atoms with Gasteiger partial charge in [-0.25, -0.2) is 4.79 Å². The van der Waals surface area contributed by atoms with Crippen LogP contribution in [0.5, 0.6) is 5.75 Å². The zero-order chi connectivity index (χ0) is 16.5. The highest BCUT2D eigenvalue weighted by Crippen LogP contribution is 2.24. The lowest BCUT2D eigenvalue weighted by Crippen LogP contribution is -2.32. The number of ether oxygens (including phenoxy) is 3. The monoisotopic (exact) mass is 309 g/mol. The highest BCUT2D eigenvalue weighted by Gasteiger charge is 2.11. The van der Waals surface area contributed by atoms with Crippen molar-refractivity contribution >= 4 is 11.9 Å². The quantitative estimate of drug-likeness (QED) is 0.579. The molecule has 1 rings (SSSR count). The van der Waals surface area contributed by atoms with Gasteiger partial charge in [0.2, 0.25) is 0 Å². The molecule has 6 heteroatoms. The third kappa shape index (κ3) is 6.13. The Morgan fingerprint density at radius 1 is 1.09 bits per heavy atom. The van der Waals surface area contributed by atoms with Crippen LogP contribution < -0.4 is 10.1 Å². The van der Waals surface area contributed by atoms with Crippen LogP contribution in [0.1, 0.15) is 16.7 Å². The molecule has 0 saturated heterocycles. The summed E-state index contributed by atoms with van der Waals surface area (Å²) in [6.07, 6.45) is 0. The normalized spacial score (nSPS) is 10.2. The number of aryl methyl sites for hydroxylation is 3. The van der Waals surface area contributed by atoms with Gasteiger partial charge in [-0.3, -0.25) is 4.79 Å². The first-order valence-electron chi connectivity index (χ1n) is 7.06. The Bertz CT molecular complexity index is 504. The summed E-state index contributed by atoms with van der Waals surface area (Å²) in [7, 11) is 1.54. The number of rotatable bonds is 8. The molecule has 0 atom stereocenters. The number of methoxy groups -OCH3 is 1. The summed E-state index contributed by atoms with van der Waals surface area (Å²) in [4.78, 5) is 22.9. The molecule has 22 heavy (non-hydrogen) atoms. The average molecular weight is 309 g/mol. The van der Waals surface area contributed by atoms with Gasteiger partial charge in [0.15, 0.2) is 13.2 Å². The van der Waals surface area contributed by atoms with E-state index in [-0.39, 0.29) is 19.1 Å². The van der Waals surface area contributed by atoms with Crippen molar-refractivity contribution < 1.29 is 23.8 Å². The lowest BCUT2D eigenvalue weighted by atomic mass is 10.1. The van der Waals surface area contributed by atoms with Crippen molar-refractivity contribution in [2.24, 2.45) is 0 Å². The van der Waals surface area contributed by atoms with Crippen LogP contribution in [0.25, 0.3) is 0 Å². The van der Waals surface area contributed by atoms with Crippen LogP contribution in [0, 0.1) is 20.8 Å². The van der Waals surface area contributed by atoms with Crippen LogP contribution in [0.3, 0.4) is 0 Å². The van der Waals surface area contributed by atoms with E-state index in [9.17, 15) is 9.59 Å². The third-order valence-corrected chi connectivity index (χ3v) is 2.93. The van der Waals surface area contributed by atoms with E-state index in [0.29, 0.717) is 18.9 Å². The van der Waals surface area contributed by atoms with Crippen LogP contribution >= 0.6 is 0 Å². The van der Waals surface area contributed by atoms with E-state index in [1.54, 1.807) is 7.11 Å². The molecule has 0 fully saturated rings. The number of nitrogens with one attached hydrogen (secondary N) is 1. The van der Waals surface area contributed by atoms with Crippen molar-refractivity contribution in [3.63, 3.8) is 0 Å². The molecular formula is C16H23NO5. The summed E-state index contributed by atoms with van der Waals surface area (Å²) in [6, 6.07) is 3.97. The Balaban J connectivity index is 2.36. The van der Waals surface area contributed by atoms with Gasteiger partial charge in [-0.05, 0) is 31.9 Å². The molecule has 1 amide bonds. The molecule has 6 nitrogen and oxygen atoms in total. The Labute approximate surface area is 130 Å². The lowest BCUT2D eigenvalue weighted by Gasteiger charge is -2.12. The molecule has 0 saturated carbocycles. The van der Waals surface area contributed by atoms with E-state index in [1.165, 1.54) is 0 Å². The number of hydrogen-bond acceptors (Lipinski definition) is 5. The second-order valence-corrected chi connectivity index (χ2v) is 5.02. The summed E-state index contributed by atoms with van der Waals surface area (Å²) in [6.45, 7) is 6.09. The van der Waals surface area contributed by atoms with Gasteiger partial charge in [-0.2, -0.15) is 0 Å². The third-order valence-electron chi connectivity index (χ3n) is 2.93.